The molecule has 3 nitrogen and oxygen atoms in total. The molecule has 0 radical (unpaired) electrons. The summed E-state index contributed by atoms with van der Waals surface area (Å²) in [6.45, 7) is 0. The minimum atomic E-state index is -0.196. The first-order valence-corrected chi connectivity index (χ1v) is 7.42. The summed E-state index contributed by atoms with van der Waals surface area (Å²) in [6, 6.07) is 15.8. The van der Waals surface area contributed by atoms with Crippen LogP contribution in [0.4, 0.5) is 0 Å². The molecule has 4 heteroatoms. The van der Waals surface area contributed by atoms with Crippen molar-refractivity contribution in [1.82, 2.24) is 4.98 Å². The molecule has 0 saturated heterocycles. The number of benzene rings is 2. The molecular weight excluding hydrogens is 328 g/mol. The number of fused-ring (bicyclic) bond motifs is 1. The zero-order valence-corrected chi connectivity index (χ0v) is 13.2. The maximum Gasteiger partial charge on any atom is 0.133 e. The molecule has 3 rings (SSSR count). The number of halogens is 1. The van der Waals surface area contributed by atoms with Crippen molar-refractivity contribution < 1.29 is 4.74 Å². The van der Waals surface area contributed by atoms with Crippen molar-refractivity contribution >= 4 is 26.8 Å². The first-order valence-electron chi connectivity index (χ1n) is 6.63. The first kappa shape index (κ1) is 14.0. The minimum absolute atomic E-state index is 0.196. The van der Waals surface area contributed by atoms with Gasteiger partial charge in [0.25, 0.3) is 0 Å². The summed E-state index contributed by atoms with van der Waals surface area (Å²) < 4.78 is 6.15. The van der Waals surface area contributed by atoms with Crippen LogP contribution < -0.4 is 10.5 Å². The van der Waals surface area contributed by atoms with E-state index in [1.54, 1.807) is 13.3 Å². The topological polar surface area (TPSA) is 48.1 Å². The molecule has 1 aromatic heterocycles. The van der Waals surface area contributed by atoms with Crippen molar-refractivity contribution in [1.29, 1.82) is 0 Å². The highest BCUT2D eigenvalue weighted by Crippen LogP contribution is 2.30. The molecule has 106 valence electrons. The molecule has 2 N–H and O–H groups in total. The molecule has 0 fully saturated rings. The van der Waals surface area contributed by atoms with Crippen LogP contribution in [0.2, 0.25) is 0 Å². The lowest BCUT2D eigenvalue weighted by atomic mass is 9.98. The average Bonchev–Trinajstić information content (AvgIpc) is 2.53. The van der Waals surface area contributed by atoms with Crippen LogP contribution in [0.15, 0.2) is 59.2 Å². The molecule has 0 bridgehead atoms. The van der Waals surface area contributed by atoms with Crippen LogP contribution >= 0.6 is 15.9 Å². The van der Waals surface area contributed by atoms with Crippen LogP contribution in [-0.2, 0) is 0 Å². The lowest BCUT2D eigenvalue weighted by Crippen LogP contribution is -2.11. The molecule has 0 aliphatic heterocycles. The SMILES string of the molecule is COc1ccc(C(N)c2ccc3cccnc3c2)cc1Br. The molecule has 21 heavy (non-hydrogen) atoms. The van der Waals surface area contributed by atoms with Crippen molar-refractivity contribution in [2.75, 3.05) is 7.11 Å². The summed E-state index contributed by atoms with van der Waals surface area (Å²) in [5.41, 5.74) is 9.40. The number of nitrogens with zero attached hydrogens (tertiary/aromatic N) is 1. The molecule has 0 amide bonds. The molecular formula is C17H15BrN2O. The molecule has 2 aromatic carbocycles. The predicted molar refractivity (Wildman–Crippen MR) is 88.5 cm³/mol. The van der Waals surface area contributed by atoms with Gasteiger partial charge in [0.05, 0.1) is 23.1 Å². The Balaban J connectivity index is 1.99. The van der Waals surface area contributed by atoms with Gasteiger partial charge in [0.15, 0.2) is 0 Å². The summed E-state index contributed by atoms with van der Waals surface area (Å²) >= 11 is 3.50. The number of nitrogens with two attached hydrogens (primary N) is 1. The van der Waals surface area contributed by atoms with E-state index in [1.807, 2.05) is 42.5 Å². The van der Waals surface area contributed by atoms with Crippen molar-refractivity contribution in [3.63, 3.8) is 0 Å². The number of hydrogen-bond donors (Lipinski definition) is 1. The molecule has 0 aliphatic rings. The van der Waals surface area contributed by atoms with Gasteiger partial charge in [-0.05, 0) is 51.3 Å². The fourth-order valence-corrected chi connectivity index (χ4v) is 2.90. The largest absolute Gasteiger partial charge is 0.496 e. The Kier molecular flexibility index (Phi) is 3.90. The number of pyridine rings is 1. The highest BCUT2D eigenvalue weighted by molar-refractivity contribution is 9.10. The van der Waals surface area contributed by atoms with Crippen molar-refractivity contribution in [3.05, 3.63) is 70.3 Å². The monoisotopic (exact) mass is 342 g/mol. The van der Waals surface area contributed by atoms with Crippen molar-refractivity contribution in [3.8, 4) is 5.75 Å². The fraction of sp³-hybridized carbons (Fsp3) is 0.118. The standard InChI is InChI=1S/C17H15BrN2O/c1-21-16-7-6-12(9-14(16)18)17(19)13-5-4-11-3-2-8-20-15(11)10-13/h2-10,17H,19H2,1H3. The minimum Gasteiger partial charge on any atom is -0.496 e. The second-order valence-electron chi connectivity index (χ2n) is 4.83. The number of hydrogen-bond acceptors (Lipinski definition) is 3. The third-order valence-electron chi connectivity index (χ3n) is 3.52. The molecule has 0 aliphatic carbocycles. The van der Waals surface area contributed by atoms with Gasteiger partial charge in [-0.25, -0.2) is 0 Å². The van der Waals surface area contributed by atoms with E-state index in [1.165, 1.54) is 0 Å². The molecule has 1 atom stereocenters. The van der Waals surface area contributed by atoms with Crippen LogP contribution in [0.1, 0.15) is 17.2 Å². The second kappa shape index (κ2) is 5.84. The Bertz CT molecular complexity index is 789. The predicted octanol–water partition coefficient (Wildman–Crippen LogP) is 4.05. The third kappa shape index (κ3) is 2.77. The van der Waals surface area contributed by atoms with Gasteiger partial charge in [-0.2, -0.15) is 0 Å². The zero-order chi connectivity index (χ0) is 14.8. The van der Waals surface area contributed by atoms with Crippen molar-refractivity contribution in [2.24, 2.45) is 5.73 Å². The number of rotatable bonds is 3. The van der Waals surface area contributed by atoms with E-state index in [0.717, 1.165) is 32.3 Å². The highest BCUT2D eigenvalue weighted by Gasteiger charge is 2.12. The van der Waals surface area contributed by atoms with Crippen LogP contribution in [0.3, 0.4) is 0 Å². The smallest absolute Gasteiger partial charge is 0.133 e. The van der Waals surface area contributed by atoms with E-state index in [9.17, 15) is 0 Å². The van der Waals surface area contributed by atoms with Gasteiger partial charge in [0.1, 0.15) is 5.75 Å². The van der Waals surface area contributed by atoms with Gasteiger partial charge in [-0.3, -0.25) is 4.98 Å². The number of methoxy groups -OCH3 is 1. The molecule has 0 saturated carbocycles. The molecule has 1 unspecified atom stereocenters. The lowest BCUT2D eigenvalue weighted by Gasteiger charge is -2.14. The van der Waals surface area contributed by atoms with E-state index in [0.29, 0.717) is 0 Å². The summed E-state index contributed by atoms with van der Waals surface area (Å²) in [5.74, 6) is 0.797. The fourth-order valence-electron chi connectivity index (χ4n) is 2.35. The van der Waals surface area contributed by atoms with Gasteiger partial charge >= 0.3 is 0 Å². The maximum atomic E-state index is 6.38. The Morgan fingerprint density at radius 3 is 2.62 bits per heavy atom. The van der Waals surface area contributed by atoms with Gasteiger partial charge < -0.3 is 10.5 Å². The summed E-state index contributed by atoms with van der Waals surface area (Å²) in [7, 11) is 1.65. The average molecular weight is 343 g/mol. The summed E-state index contributed by atoms with van der Waals surface area (Å²) in [6.07, 6.45) is 1.79. The van der Waals surface area contributed by atoms with E-state index < -0.39 is 0 Å². The second-order valence-corrected chi connectivity index (χ2v) is 5.68. The summed E-state index contributed by atoms with van der Waals surface area (Å²) in [4.78, 5) is 4.38. The Morgan fingerprint density at radius 1 is 1.10 bits per heavy atom. The molecule has 1 heterocycles. The number of ether oxygens (including phenoxy) is 1. The first-order chi connectivity index (χ1) is 10.2. The molecule has 0 spiro atoms. The van der Waals surface area contributed by atoms with Crippen LogP contribution in [0.25, 0.3) is 10.9 Å². The van der Waals surface area contributed by atoms with Gasteiger partial charge in [-0.15, -0.1) is 0 Å². The Hall–Kier alpha value is -1.91. The van der Waals surface area contributed by atoms with Crippen LogP contribution in [0.5, 0.6) is 5.75 Å². The number of aromatic nitrogens is 1. The van der Waals surface area contributed by atoms with E-state index in [-0.39, 0.29) is 6.04 Å². The van der Waals surface area contributed by atoms with E-state index in [4.69, 9.17) is 10.5 Å². The quantitative estimate of drug-likeness (QED) is 0.780. The Morgan fingerprint density at radius 2 is 1.86 bits per heavy atom. The lowest BCUT2D eigenvalue weighted by molar-refractivity contribution is 0.412. The van der Waals surface area contributed by atoms with E-state index in [2.05, 4.69) is 27.0 Å². The van der Waals surface area contributed by atoms with Gasteiger partial charge in [-0.1, -0.05) is 24.3 Å². The van der Waals surface area contributed by atoms with Crippen molar-refractivity contribution in [2.45, 2.75) is 6.04 Å². The summed E-state index contributed by atoms with van der Waals surface area (Å²) in [5, 5.41) is 1.12. The maximum absolute atomic E-state index is 6.38. The van der Waals surface area contributed by atoms with Gasteiger partial charge in [0.2, 0.25) is 0 Å². The van der Waals surface area contributed by atoms with Crippen LogP contribution in [0, 0.1) is 0 Å². The normalized spacial score (nSPS) is 12.3. The highest BCUT2D eigenvalue weighted by atomic mass is 79.9. The Labute approximate surface area is 131 Å². The third-order valence-corrected chi connectivity index (χ3v) is 4.14. The van der Waals surface area contributed by atoms with E-state index >= 15 is 0 Å². The van der Waals surface area contributed by atoms with Crippen LogP contribution in [-0.4, -0.2) is 12.1 Å². The van der Waals surface area contributed by atoms with Gasteiger partial charge in [0, 0.05) is 11.6 Å². The zero-order valence-electron chi connectivity index (χ0n) is 11.6. The molecule has 3 aromatic rings.